The van der Waals surface area contributed by atoms with Crippen LogP contribution in [0.25, 0.3) is 0 Å². The second-order valence-corrected chi connectivity index (χ2v) is 5.96. The number of nitrogens with one attached hydrogen (secondary N) is 1. The van der Waals surface area contributed by atoms with Gasteiger partial charge < -0.3 is 10.1 Å². The van der Waals surface area contributed by atoms with Crippen molar-refractivity contribution >= 4 is 0 Å². The summed E-state index contributed by atoms with van der Waals surface area (Å²) in [6.45, 7) is 13.6. The molecule has 1 fully saturated rings. The fourth-order valence-corrected chi connectivity index (χ4v) is 2.65. The second kappa shape index (κ2) is 4.42. The van der Waals surface area contributed by atoms with E-state index in [1.807, 2.05) is 0 Å². The minimum atomic E-state index is 0.491. The molecule has 90 valence electrons. The quantitative estimate of drug-likeness (QED) is 0.732. The van der Waals surface area contributed by atoms with E-state index in [0.29, 0.717) is 16.9 Å². The lowest BCUT2D eigenvalue weighted by Crippen LogP contribution is -2.34. The predicted molar refractivity (Wildman–Crippen MR) is 65.0 cm³/mol. The smallest absolute Gasteiger partial charge is 0.0615 e. The number of hydrogen-bond donors (Lipinski definition) is 1. The molecule has 1 atom stereocenters. The Hall–Kier alpha value is -0.0800. The van der Waals surface area contributed by atoms with Crippen LogP contribution in [0.4, 0.5) is 0 Å². The third-order valence-electron chi connectivity index (χ3n) is 4.79. The summed E-state index contributed by atoms with van der Waals surface area (Å²) < 4.78 is 5.19. The SMILES string of the molecule is CCC(COC)NCC1C(C)(C)C1(C)C. The number of ether oxygens (including phenoxy) is 1. The summed E-state index contributed by atoms with van der Waals surface area (Å²) in [6.07, 6.45) is 1.14. The van der Waals surface area contributed by atoms with Gasteiger partial charge in [-0.2, -0.15) is 0 Å². The molecule has 1 aliphatic rings. The maximum atomic E-state index is 5.19. The fraction of sp³-hybridized carbons (Fsp3) is 1.00. The first kappa shape index (κ1) is 13.0. The van der Waals surface area contributed by atoms with Crippen molar-refractivity contribution in [2.45, 2.75) is 47.1 Å². The zero-order valence-electron chi connectivity index (χ0n) is 11.2. The van der Waals surface area contributed by atoms with E-state index in [9.17, 15) is 0 Å². The van der Waals surface area contributed by atoms with E-state index in [-0.39, 0.29) is 0 Å². The third kappa shape index (κ3) is 2.36. The van der Waals surface area contributed by atoms with Gasteiger partial charge in [-0.05, 0) is 29.7 Å². The lowest BCUT2D eigenvalue weighted by atomic mass is 10.0. The van der Waals surface area contributed by atoms with Gasteiger partial charge in [-0.3, -0.25) is 0 Å². The van der Waals surface area contributed by atoms with Gasteiger partial charge in [0.15, 0.2) is 0 Å². The number of methoxy groups -OCH3 is 1. The molecule has 0 amide bonds. The van der Waals surface area contributed by atoms with Crippen LogP contribution in [0, 0.1) is 16.7 Å². The van der Waals surface area contributed by atoms with Crippen LogP contribution >= 0.6 is 0 Å². The minimum absolute atomic E-state index is 0.491. The monoisotopic (exact) mass is 213 g/mol. The Labute approximate surface area is 94.8 Å². The zero-order valence-corrected chi connectivity index (χ0v) is 11.2. The summed E-state index contributed by atoms with van der Waals surface area (Å²) in [5.74, 6) is 0.802. The van der Waals surface area contributed by atoms with Crippen molar-refractivity contribution in [3.8, 4) is 0 Å². The molecule has 1 N–H and O–H groups in total. The molecule has 1 rings (SSSR count). The Kier molecular flexibility index (Phi) is 3.83. The maximum Gasteiger partial charge on any atom is 0.0615 e. The van der Waals surface area contributed by atoms with Gasteiger partial charge in [0.1, 0.15) is 0 Å². The Bertz CT molecular complexity index is 197. The average Bonchev–Trinajstić information content (AvgIpc) is 2.53. The van der Waals surface area contributed by atoms with Crippen molar-refractivity contribution in [2.75, 3.05) is 20.3 Å². The van der Waals surface area contributed by atoms with E-state index >= 15 is 0 Å². The van der Waals surface area contributed by atoms with Gasteiger partial charge in [-0.25, -0.2) is 0 Å². The second-order valence-electron chi connectivity index (χ2n) is 5.96. The number of rotatable bonds is 6. The Morgan fingerprint density at radius 1 is 1.20 bits per heavy atom. The van der Waals surface area contributed by atoms with E-state index in [1.54, 1.807) is 7.11 Å². The first-order valence-electron chi connectivity index (χ1n) is 6.10. The lowest BCUT2D eigenvalue weighted by molar-refractivity contribution is 0.163. The van der Waals surface area contributed by atoms with Gasteiger partial charge in [0.2, 0.25) is 0 Å². The van der Waals surface area contributed by atoms with Crippen molar-refractivity contribution in [3.05, 3.63) is 0 Å². The van der Waals surface area contributed by atoms with Crippen LogP contribution in [0.1, 0.15) is 41.0 Å². The Morgan fingerprint density at radius 2 is 1.73 bits per heavy atom. The molecular formula is C13H27NO. The van der Waals surface area contributed by atoms with Crippen molar-refractivity contribution < 1.29 is 4.74 Å². The van der Waals surface area contributed by atoms with E-state index in [0.717, 1.165) is 25.5 Å². The standard InChI is InChI=1S/C13H27NO/c1-7-10(9-15-6)14-8-11-12(2,3)13(11,4)5/h10-11,14H,7-9H2,1-6H3. The number of hydrogen-bond acceptors (Lipinski definition) is 2. The van der Waals surface area contributed by atoms with Crippen molar-refractivity contribution in [2.24, 2.45) is 16.7 Å². The van der Waals surface area contributed by atoms with E-state index < -0.39 is 0 Å². The van der Waals surface area contributed by atoms with Gasteiger partial charge >= 0.3 is 0 Å². The molecule has 0 spiro atoms. The van der Waals surface area contributed by atoms with Crippen molar-refractivity contribution in [1.82, 2.24) is 5.32 Å². The summed E-state index contributed by atoms with van der Waals surface area (Å²) in [7, 11) is 1.77. The molecule has 0 aromatic heterocycles. The highest BCUT2D eigenvalue weighted by atomic mass is 16.5. The van der Waals surface area contributed by atoms with Gasteiger partial charge in [0.05, 0.1) is 6.61 Å². The minimum Gasteiger partial charge on any atom is -0.383 e. The summed E-state index contributed by atoms with van der Waals surface area (Å²) in [6, 6.07) is 0.516. The third-order valence-corrected chi connectivity index (χ3v) is 4.79. The molecule has 0 heterocycles. The first-order valence-corrected chi connectivity index (χ1v) is 6.10. The van der Waals surface area contributed by atoms with Crippen LogP contribution in [0.15, 0.2) is 0 Å². The predicted octanol–water partition coefficient (Wildman–Crippen LogP) is 2.68. The zero-order chi connectivity index (χ0) is 11.7. The van der Waals surface area contributed by atoms with Crippen LogP contribution < -0.4 is 5.32 Å². The maximum absolute atomic E-state index is 5.19. The average molecular weight is 213 g/mol. The topological polar surface area (TPSA) is 21.3 Å². The first-order chi connectivity index (χ1) is 6.87. The molecule has 1 saturated carbocycles. The molecule has 0 saturated heterocycles. The molecule has 0 bridgehead atoms. The van der Waals surface area contributed by atoms with E-state index in [1.165, 1.54) is 0 Å². The van der Waals surface area contributed by atoms with Crippen LogP contribution in [0.3, 0.4) is 0 Å². The highest BCUT2D eigenvalue weighted by Gasteiger charge is 2.63. The van der Waals surface area contributed by atoms with E-state index in [2.05, 4.69) is 39.9 Å². The van der Waals surface area contributed by atoms with Gasteiger partial charge in [0, 0.05) is 13.2 Å². The lowest BCUT2D eigenvalue weighted by Gasteiger charge is -2.16. The molecule has 0 aromatic rings. The van der Waals surface area contributed by atoms with Gasteiger partial charge in [0.25, 0.3) is 0 Å². The molecule has 15 heavy (non-hydrogen) atoms. The summed E-state index contributed by atoms with van der Waals surface area (Å²) >= 11 is 0. The molecule has 0 radical (unpaired) electrons. The van der Waals surface area contributed by atoms with Crippen LogP contribution in [-0.4, -0.2) is 26.3 Å². The molecule has 0 aromatic carbocycles. The van der Waals surface area contributed by atoms with Gasteiger partial charge in [-0.15, -0.1) is 0 Å². The van der Waals surface area contributed by atoms with Crippen molar-refractivity contribution in [1.29, 1.82) is 0 Å². The molecular weight excluding hydrogens is 186 g/mol. The summed E-state index contributed by atoms with van der Waals surface area (Å²) in [5.41, 5.74) is 0.983. The summed E-state index contributed by atoms with van der Waals surface area (Å²) in [4.78, 5) is 0. The molecule has 1 aliphatic carbocycles. The van der Waals surface area contributed by atoms with Crippen molar-refractivity contribution in [3.63, 3.8) is 0 Å². The Balaban J connectivity index is 2.33. The Morgan fingerprint density at radius 3 is 2.07 bits per heavy atom. The van der Waals surface area contributed by atoms with E-state index in [4.69, 9.17) is 4.74 Å². The molecule has 2 nitrogen and oxygen atoms in total. The normalized spacial score (nSPS) is 25.2. The highest BCUT2D eigenvalue weighted by molar-refractivity contribution is 5.12. The van der Waals surface area contributed by atoms with Gasteiger partial charge in [-0.1, -0.05) is 34.6 Å². The summed E-state index contributed by atoms with van der Waals surface area (Å²) in [5, 5.41) is 3.62. The highest BCUT2D eigenvalue weighted by Crippen LogP contribution is 2.67. The molecule has 1 unspecified atom stereocenters. The molecule has 0 aliphatic heterocycles. The fourth-order valence-electron chi connectivity index (χ4n) is 2.65. The molecule has 2 heteroatoms. The van der Waals surface area contributed by atoms with Crippen LogP contribution in [-0.2, 0) is 4.74 Å². The van der Waals surface area contributed by atoms with Crippen LogP contribution in [0.2, 0.25) is 0 Å². The largest absolute Gasteiger partial charge is 0.383 e. The van der Waals surface area contributed by atoms with Crippen LogP contribution in [0.5, 0.6) is 0 Å².